The van der Waals surface area contributed by atoms with Gasteiger partial charge in [0, 0.05) is 38.2 Å². The van der Waals surface area contributed by atoms with Gasteiger partial charge in [-0.3, -0.25) is 4.79 Å². The van der Waals surface area contributed by atoms with Gasteiger partial charge in [0.15, 0.2) is 5.79 Å². The predicted octanol–water partition coefficient (Wildman–Crippen LogP) is 3.59. The third-order valence-corrected chi connectivity index (χ3v) is 14.8. The summed E-state index contributed by atoms with van der Waals surface area (Å²) in [5.74, 6) is -1.18. The van der Waals surface area contributed by atoms with Crippen LogP contribution < -0.4 is 0 Å². The molecule has 2 N–H and O–H groups in total. The van der Waals surface area contributed by atoms with Crippen molar-refractivity contribution >= 4 is 5.97 Å². The molecule has 0 aliphatic carbocycles. The van der Waals surface area contributed by atoms with E-state index in [1.807, 2.05) is 6.92 Å². The van der Waals surface area contributed by atoms with Crippen LogP contribution in [0.3, 0.4) is 0 Å². The second kappa shape index (κ2) is 14.7. The van der Waals surface area contributed by atoms with Crippen LogP contribution in [0.25, 0.3) is 0 Å². The Kier molecular flexibility index (Phi) is 10.1. The quantitative estimate of drug-likeness (QED) is 0.312. The van der Waals surface area contributed by atoms with Crippen molar-refractivity contribution in [2.45, 2.75) is 213 Å². The average molecular weight is 773 g/mol. The van der Waals surface area contributed by atoms with E-state index in [4.69, 9.17) is 47.4 Å². The van der Waals surface area contributed by atoms with Gasteiger partial charge in [-0.15, -0.1) is 0 Å². The predicted molar refractivity (Wildman–Crippen MR) is 193 cm³/mol. The number of fused-ring (bicyclic) bond motifs is 7. The molecule has 0 saturated carbocycles. The van der Waals surface area contributed by atoms with Gasteiger partial charge in [-0.1, -0.05) is 27.0 Å². The molecule has 21 atom stereocenters. The molecule has 11 rings (SSSR count). The Bertz CT molecular complexity index is 1490. The van der Waals surface area contributed by atoms with E-state index in [9.17, 15) is 15.0 Å². The molecular weight excluding hydrogens is 712 g/mol. The maximum absolute atomic E-state index is 14.0. The van der Waals surface area contributed by atoms with E-state index >= 15 is 0 Å². The summed E-state index contributed by atoms with van der Waals surface area (Å²) in [7, 11) is 0. The number of esters is 1. The van der Waals surface area contributed by atoms with Gasteiger partial charge in [0.25, 0.3) is 0 Å². The highest BCUT2D eigenvalue weighted by Gasteiger charge is 2.69. The standard InChI is InChI=1S/C42H60O13/c1-19-13-23-5-7-27-20(2)14-25(46-27)9-11-42-18-33-38(54-42)39-40(52-33)41(55-42)37-29(51-39)8-6-24(48-37)15-34(45)53-36-22(4)35-31(16-26(44)28(50-35)10-12-43)49-32(36)17-30(47-23)21(19)3/h19,22-33,35-41,43-44H,2-3,5-18H2,1,4H3/t19-,22+,23+,24-,25+,26-,27?,28-,29+,30?,31?,32+,33-,35?,36?,37+,38?,39+,40-,41?,42+/m1/s1. The molecule has 11 fully saturated rings. The molecule has 13 nitrogen and oxygen atoms in total. The van der Waals surface area contributed by atoms with E-state index in [2.05, 4.69) is 20.1 Å². The maximum atomic E-state index is 14.0. The summed E-state index contributed by atoms with van der Waals surface area (Å²) < 4.78 is 66.9. The van der Waals surface area contributed by atoms with Crippen LogP contribution in [0, 0.1) is 11.8 Å². The van der Waals surface area contributed by atoms with Crippen LogP contribution in [-0.4, -0.2) is 138 Å². The number of aliphatic hydroxyl groups is 2. The molecule has 13 heteroatoms. The Morgan fingerprint density at radius 3 is 2.27 bits per heavy atom. The van der Waals surface area contributed by atoms with Crippen molar-refractivity contribution in [2.24, 2.45) is 11.8 Å². The second-order valence-electron chi connectivity index (χ2n) is 18.5. The van der Waals surface area contributed by atoms with Crippen molar-refractivity contribution in [3.63, 3.8) is 0 Å². The highest BCUT2D eigenvalue weighted by Crippen LogP contribution is 2.54. The van der Waals surface area contributed by atoms with E-state index in [1.165, 1.54) is 0 Å². The van der Waals surface area contributed by atoms with Crippen LogP contribution in [-0.2, 0) is 52.2 Å². The number of ether oxygens (including phenoxy) is 10. The monoisotopic (exact) mass is 772 g/mol. The van der Waals surface area contributed by atoms with Crippen molar-refractivity contribution in [3.05, 3.63) is 24.3 Å². The van der Waals surface area contributed by atoms with Gasteiger partial charge >= 0.3 is 5.97 Å². The summed E-state index contributed by atoms with van der Waals surface area (Å²) >= 11 is 0. The molecule has 12 bridgehead atoms. The number of hydrogen-bond acceptors (Lipinski definition) is 13. The third-order valence-electron chi connectivity index (χ3n) is 14.8. The molecule has 0 aromatic rings. The van der Waals surface area contributed by atoms with Crippen LogP contribution in [0.2, 0.25) is 0 Å². The van der Waals surface area contributed by atoms with Gasteiger partial charge in [-0.05, 0) is 68.4 Å². The van der Waals surface area contributed by atoms with E-state index in [0.29, 0.717) is 38.5 Å². The summed E-state index contributed by atoms with van der Waals surface area (Å²) in [6.07, 6.45) is 2.38. The fourth-order valence-corrected chi connectivity index (χ4v) is 11.9. The minimum absolute atomic E-state index is 0.00281. The lowest BCUT2D eigenvalue weighted by Gasteiger charge is -2.51. The van der Waals surface area contributed by atoms with Crippen molar-refractivity contribution in [1.82, 2.24) is 0 Å². The summed E-state index contributed by atoms with van der Waals surface area (Å²) in [5.41, 5.74) is 2.14. The van der Waals surface area contributed by atoms with Gasteiger partial charge < -0.3 is 57.6 Å². The molecule has 55 heavy (non-hydrogen) atoms. The summed E-state index contributed by atoms with van der Waals surface area (Å²) in [4.78, 5) is 14.0. The molecule has 0 aromatic carbocycles. The first-order chi connectivity index (χ1) is 26.5. The lowest BCUT2D eigenvalue weighted by Crippen LogP contribution is -2.62. The molecule has 11 aliphatic rings. The van der Waals surface area contributed by atoms with Gasteiger partial charge in [0.2, 0.25) is 0 Å². The Morgan fingerprint density at radius 1 is 0.673 bits per heavy atom. The highest BCUT2D eigenvalue weighted by molar-refractivity contribution is 5.70. The fourth-order valence-electron chi connectivity index (χ4n) is 11.9. The van der Waals surface area contributed by atoms with Crippen LogP contribution in [0.15, 0.2) is 24.3 Å². The van der Waals surface area contributed by atoms with E-state index in [-0.39, 0.29) is 98.0 Å². The van der Waals surface area contributed by atoms with Gasteiger partial charge in [-0.2, -0.15) is 0 Å². The molecule has 0 amide bonds. The van der Waals surface area contributed by atoms with E-state index in [0.717, 1.165) is 49.7 Å². The number of carbonyl (C=O) groups is 1. The molecule has 0 aromatic heterocycles. The van der Waals surface area contributed by atoms with Crippen LogP contribution >= 0.6 is 0 Å². The van der Waals surface area contributed by atoms with Crippen molar-refractivity contribution in [3.8, 4) is 0 Å². The maximum Gasteiger partial charge on any atom is 0.308 e. The Hall–Kier alpha value is -1.49. The Morgan fingerprint density at radius 2 is 1.42 bits per heavy atom. The lowest BCUT2D eigenvalue weighted by atomic mass is 9.79. The number of rotatable bonds is 2. The molecular formula is C42H60O13. The molecule has 11 aliphatic heterocycles. The first-order valence-corrected chi connectivity index (χ1v) is 21.3. The fraction of sp³-hybridized carbons (Fsp3) is 0.881. The first-order valence-electron chi connectivity index (χ1n) is 21.3. The molecule has 11 heterocycles. The Balaban J connectivity index is 0.934. The zero-order valence-electron chi connectivity index (χ0n) is 32.2. The van der Waals surface area contributed by atoms with Gasteiger partial charge in [-0.25, -0.2) is 0 Å². The zero-order valence-corrected chi connectivity index (χ0v) is 32.2. The average Bonchev–Trinajstić information content (AvgIpc) is 3.74. The SMILES string of the molecule is C=C1C[C@@H]2CC[C@@]34C[C@H]5O[C@H]6C(O3)[C@H]3O[C@H](CC[C@@H]3O[C@H]6C5O4)CC(=O)OC3[C@@H](C)C4O[C@H](CCO)[C@H](O)CC4O[C@H]3CC3O[C@@H](CCC1O2)C[C@@H](C)C3=C. The first kappa shape index (κ1) is 37.8. The van der Waals surface area contributed by atoms with Crippen LogP contribution in [0.4, 0.5) is 0 Å². The van der Waals surface area contributed by atoms with Crippen LogP contribution in [0.1, 0.15) is 97.3 Å². The zero-order chi connectivity index (χ0) is 37.7. The minimum Gasteiger partial charge on any atom is -0.459 e. The van der Waals surface area contributed by atoms with Crippen LogP contribution in [0.5, 0.6) is 0 Å². The molecule has 11 saturated heterocycles. The minimum atomic E-state index is -0.808. The lowest BCUT2D eigenvalue weighted by molar-refractivity contribution is -0.293. The topological polar surface area (TPSA) is 150 Å². The van der Waals surface area contributed by atoms with Crippen molar-refractivity contribution < 1.29 is 62.4 Å². The summed E-state index contributed by atoms with van der Waals surface area (Å²) in [6.45, 7) is 13.1. The number of aliphatic hydroxyl groups excluding tert-OH is 2. The molecule has 306 valence electrons. The van der Waals surface area contributed by atoms with E-state index in [1.54, 1.807) is 0 Å². The van der Waals surface area contributed by atoms with E-state index < -0.39 is 48.5 Å². The van der Waals surface area contributed by atoms with Crippen molar-refractivity contribution in [2.75, 3.05) is 6.61 Å². The van der Waals surface area contributed by atoms with Gasteiger partial charge in [0.05, 0.1) is 79.7 Å². The molecule has 7 unspecified atom stereocenters. The third kappa shape index (κ3) is 6.79. The summed E-state index contributed by atoms with van der Waals surface area (Å²) in [6, 6.07) is 0. The number of carbonyl (C=O) groups excluding carboxylic acids is 1. The normalized spacial score (nSPS) is 54.9. The number of hydrogen-bond donors (Lipinski definition) is 2. The Labute approximate surface area is 323 Å². The molecule has 1 spiro atoms. The van der Waals surface area contributed by atoms with Gasteiger partial charge in [0.1, 0.15) is 36.6 Å². The summed E-state index contributed by atoms with van der Waals surface area (Å²) in [5, 5.41) is 20.6. The smallest absolute Gasteiger partial charge is 0.308 e. The highest BCUT2D eigenvalue weighted by atomic mass is 16.8. The second-order valence-corrected chi connectivity index (χ2v) is 18.5. The van der Waals surface area contributed by atoms with Crippen molar-refractivity contribution in [1.29, 1.82) is 0 Å². The largest absolute Gasteiger partial charge is 0.459 e. The molecule has 0 radical (unpaired) electrons.